The minimum absolute atomic E-state index is 0.0105. The van der Waals surface area contributed by atoms with Crippen molar-refractivity contribution in [2.24, 2.45) is 0 Å². The number of benzene rings is 1. The molecule has 0 bridgehead atoms. The van der Waals surface area contributed by atoms with Crippen molar-refractivity contribution in [3.63, 3.8) is 0 Å². The van der Waals surface area contributed by atoms with Crippen LogP contribution in [0.4, 0.5) is 0 Å². The van der Waals surface area contributed by atoms with E-state index in [0.717, 1.165) is 12.0 Å². The summed E-state index contributed by atoms with van der Waals surface area (Å²) >= 11 is 11.9. The van der Waals surface area contributed by atoms with E-state index < -0.39 is 0 Å². The quantitative estimate of drug-likeness (QED) is 0.474. The minimum Gasteiger partial charge on any atom is -0.373 e. The summed E-state index contributed by atoms with van der Waals surface area (Å²) in [6, 6.07) is 7.60. The van der Waals surface area contributed by atoms with Crippen LogP contribution in [0.15, 0.2) is 39.9 Å². The lowest BCUT2D eigenvalue weighted by Crippen LogP contribution is -2.24. The van der Waals surface area contributed by atoms with Crippen LogP contribution in [0.25, 0.3) is 5.52 Å². The van der Waals surface area contributed by atoms with Crippen molar-refractivity contribution in [3.8, 4) is 0 Å². The van der Waals surface area contributed by atoms with E-state index in [2.05, 4.69) is 20.2 Å². The Bertz CT molecular complexity index is 1280. The maximum Gasteiger partial charge on any atom is 0.280 e. The normalized spacial score (nSPS) is 19.0. The second kappa shape index (κ2) is 7.50. The molecule has 4 aromatic rings. The van der Waals surface area contributed by atoms with Gasteiger partial charge in [0, 0.05) is 10.9 Å². The molecular weight excluding hydrogens is 431 g/mol. The number of hydrogen-bond acceptors (Lipinski definition) is 7. The third-order valence-corrected chi connectivity index (χ3v) is 5.65. The highest BCUT2D eigenvalue weighted by Gasteiger charge is 2.31. The Hall–Kier alpha value is -2.75. The van der Waals surface area contributed by atoms with Crippen LogP contribution >= 0.6 is 23.2 Å². The van der Waals surface area contributed by atoms with Gasteiger partial charge in [-0.2, -0.15) is 14.6 Å². The molecule has 1 aromatic carbocycles. The molecule has 0 saturated carbocycles. The summed E-state index contributed by atoms with van der Waals surface area (Å²) in [7, 11) is 0. The Morgan fingerprint density at radius 3 is 2.80 bits per heavy atom. The number of aromatic nitrogens is 6. The van der Waals surface area contributed by atoms with Gasteiger partial charge in [0.2, 0.25) is 11.2 Å². The van der Waals surface area contributed by atoms with Gasteiger partial charge in [-0.25, -0.2) is 4.98 Å². The summed E-state index contributed by atoms with van der Waals surface area (Å²) in [5.41, 5.74) is 1.60. The molecule has 11 heteroatoms. The first-order chi connectivity index (χ1) is 14.5. The smallest absolute Gasteiger partial charge is 0.280 e. The second-order valence-electron chi connectivity index (χ2n) is 7.14. The van der Waals surface area contributed by atoms with E-state index in [-0.39, 0.29) is 29.4 Å². The van der Waals surface area contributed by atoms with E-state index in [1.54, 1.807) is 6.92 Å². The molecular formula is C19H16Cl2N6O3. The van der Waals surface area contributed by atoms with Gasteiger partial charge in [-0.3, -0.25) is 9.36 Å². The van der Waals surface area contributed by atoms with E-state index in [0.29, 0.717) is 34.6 Å². The molecule has 0 N–H and O–H groups in total. The fraction of sp³-hybridized carbons (Fsp3) is 0.316. The monoisotopic (exact) mass is 446 g/mol. The van der Waals surface area contributed by atoms with E-state index in [1.807, 2.05) is 24.3 Å². The molecule has 3 aromatic heterocycles. The Morgan fingerprint density at radius 2 is 2.00 bits per heavy atom. The molecule has 2 atom stereocenters. The van der Waals surface area contributed by atoms with E-state index in [1.165, 1.54) is 15.4 Å². The van der Waals surface area contributed by atoms with Gasteiger partial charge in [0.05, 0.1) is 18.4 Å². The van der Waals surface area contributed by atoms with E-state index in [4.69, 9.17) is 32.5 Å². The number of hydrogen-bond donors (Lipinski definition) is 0. The molecule has 1 fully saturated rings. The third kappa shape index (κ3) is 3.38. The van der Waals surface area contributed by atoms with Crippen molar-refractivity contribution < 1.29 is 9.26 Å². The van der Waals surface area contributed by atoms with Gasteiger partial charge in [0.15, 0.2) is 11.3 Å². The average molecular weight is 447 g/mol. The zero-order valence-corrected chi connectivity index (χ0v) is 17.3. The SMILES string of the molecule is Cc1nc(Cl)n2ncn(Cc3nc([C@@H]4CO[C@@H](c5ccc(Cl)cc5)C4)no3)c(=O)c12. The number of imidazole rings is 1. The molecule has 154 valence electrons. The predicted molar refractivity (Wildman–Crippen MR) is 108 cm³/mol. The fourth-order valence-electron chi connectivity index (χ4n) is 3.61. The van der Waals surface area contributed by atoms with Gasteiger partial charge in [-0.05, 0) is 42.6 Å². The molecule has 9 nitrogen and oxygen atoms in total. The fourth-order valence-corrected chi connectivity index (χ4v) is 3.99. The maximum absolute atomic E-state index is 12.7. The van der Waals surface area contributed by atoms with Crippen molar-refractivity contribution in [3.05, 3.63) is 74.2 Å². The van der Waals surface area contributed by atoms with Gasteiger partial charge in [0.1, 0.15) is 12.9 Å². The van der Waals surface area contributed by atoms with Crippen LogP contribution in [0, 0.1) is 6.92 Å². The highest BCUT2D eigenvalue weighted by molar-refractivity contribution is 6.30. The lowest BCUT2D eigenvalue weighted by Gasteiger charge is -2.09. The molecule has 5 rings (SSSR count). The molecule has 0 amide bonds. The summed E-state index contributed by atoms with van der Waals surface area (Å²) in [6.07, 6.45) is 2.07. The summed E-state index contributed by atoms with van der Waals surface area (Å²) in [6.45, 7) is 2.30. The van der Waals surface area contributed by atoms with Crippen LogP contribution in [-0.4, -0.2) is 35.9 Å². The molecule has 30 heavy (non-hydrogen) atoms. The summed E-state index contributed by atoms with van der Waals surface area (Å²) in [5.74, 6) is 0.889. The number of ether oxygens (including phenoxy) is 1. The maximum atomic E-state index is 12.7. The molecule has 4 heterocycles. The lowest BCUT2D eigenvalue weighted by molar-refractivity contribution is 0.110. The first kappa shape index (κ1) is 19.2. The molecule has 1 aliphatic heterocycles. The third-order valence-electron chi connectivity index (χ3n) is 5.15. The highest BCUT2D eigenvalue weighted by atomic mass is 35.5. The van der Waals surface area contributed by atoms with Gasteiger partial charge in [0.25, 0.3) is 5.56 Å². The molecule has 1 saturated heterocycles. The molecule has 0 unspecified atom stereocenters. The standard InChI is InChI=1S/C19H16Cl2N6O3/c1-10-16-18(28)26(9-22-27(16)19(21)23-10)7-15-24-17(25-30-15)12-6-14(29-8-12)11-2-4-13(20)5-3-11/h2-5,9,12,14H,6-8H2,1H3/t12-,14+/m0/s1. The van der Waals surface area contributed by atoms with Gasteiger partial charge in [-0.1, -0.05) is 28.9 Å². The van der Waals surface area contributed by atoms with Crippen molar-refractivity contribution in [2.45, 2.75) is 31.9 Å². The molecule has 0 spiro atoms. The van der Waals surface area contributed by atoms with Gasteiger partial charge >= 0.3 is 0 Å². The van der Waals surface area contributed by atoms with Crippen molar-refractivity contribution >= 4 is 28.7 Å². The zero-order valence-electron chi connectivity index (χ0n) is 15.8. The molecule has 0 radical (unpaired) electrons. The van der Waals surface area contributed by atoms with Crippen LogP contribution in [0.1, 0.15) is 41.4 Å². The van der Waals surface area contributed by atoms with E-state index >= 15 is 0 Å². The largest absolute Gasteiger partial charge is 0.373 e. The Labute approximate surface area is 180 Å². The predicted octanol–water partition coefficient (Wildman–Crippen LogP) is 3.18. The minimum atomic E-state index is -0.284. The number of aryl methyl sites for hydroxylation is 1. The Kier molecular flexibility index (Phi) is 4.80. The van der Waals surface area contributed by atoms with E-state index in [9.17, 15) is 4.79 Å². The van der Waals surface area contributed by atoms with Crippen LogP contribution in [0.5, 0.6) is 0 Å². The number of fused-ring (bicyclic) bond motifs is 1. The molecule has 1 aliphatic rings. The van der Waals surface area contributed by atoms with Crippen molar-refractivity contribution in [1.29, 1.82) is 0 Å². The first-order valence-electron chi connectivity index (χ1n) is 9.29. The summed E-state index contributed by atoms with van der Waals surface area (Å²) < 4.78 is 14.0. The Balaban J connectivity index is 1.33. The topological polar surface area (TPSA) is 100 Å². The lowest BCUT2D eigenvalue weighted by atomic mass is 10.0. The summed E-state index contributed by atoms with van der Waals surface area (Å²) in [4.78, 5) is 21.3. The molecule has 0 aliphatic carbocycles. The number of halogens is 2. The highest BCUT2D eigenvalue weighted by Crippen LogP contribution is 2.37. The van der Waals surface area contributed by atoms with Gasteiger partial charge in [-0.15, -0.1) is 0 Å². The van der Waals surface area contributed by atoms with Crippen molar-refractivity contribution in [2.75, 3.05) is 6.61 Å². The van der Waals surface area contributed by atoms with Crippen LogP contribution in [0.2, 0.25) is 10.3 Å². The van der Waals surface area contributed by atoms with Crippen LogP contribution in [0.3, 0.4) is 0 Å². The van der Waals surface area contributed by atoms with Crippen LogP contribution in [-0.2, 0) is 11.3 Å². The first-order valence-corrected chi connectivity index (χ1v) is 10.0. The summed E-state index contributed by atoms with van der Waals surface area (Å²) in [5, 5.41) is 9.08. The Morgan fingerprint density at radius 1 is 1.20 bits per heavy atom. The zero-order chi connectivity index (χ0) is 20.8. The second-order valence-corrected chi connectivity index (χ2v) is 7.92. The average Bonchev–Trinajstić information content (AvgIpc) is 3.44. The van der Waals surface area contributed by atoms with Crippen LogP contribution < -0.4 is 5.56 Å². The van der Waals surface area contributed by atoms with Crippen molar-refractivity contribution in [1.82, 2.24) is 29.3 Å². The number of rotatable bonds is 4. The number of nitrogens with zero attached hydrogens (tertiary/aromatic N) is 6. The van der Waals surface area contributed by atoms with Gasteiger partial charge < -0.3 is 9.26 Å².